The molecule has 1 atom stereocenters. The number of hydrogen-bond donors (Lipinski definition) is 1. The molecule has 1 aliphatic rings. The first-order valence-corrected chi connectivity index (χ1v) is 14.1. The summed E-state index contributed by atoms with van der Waals surface area (Å²) in [5.41, 5.74) is 1.96. The first-order valence-electron chi connectivity index (χ1n) is 11.5. The van der Waals surface area contributed by atoms with E-state index in [9.17, 15) is 18.0 Å². The van der Waals surface area contributed by atoms with Crippen LogP contribution in [0.3, 0.4) is 0 Å². The van der Waals surface area contributed by atoms with Gasteiger partial charge in [-0.25, -0.2) is 8.42 Å². The van der Waals surface area contributed by atoms with Crippen LogP contribution in [0.1, 0.15) is 43.7 Å². The maximum Gasteiger partial charge on any atom is 0.244 e. The minimum Gasteiger partial charge on any atom is -0.352 e. The Morgan fingerprint density at radius 3 is 2.43 bits per heavy atom. The Hall–Kier alpha value is -2.29. The maximum absolute atomic E-state index is 13.6. The Labute approximate surface area is 217 Å². The van der Waals surface area contributed by atoms with E-state index in [1.54, 1.807) is 6.92 Å². The van der Waals surface area contributed by atoms with E-state index in [0.717, 1.165) is 47.4 Å². The van der Waals surface area contributed by atoms with Gasteiger partial charge in [0, 0.05) is 17.6 Å². The zero-order chi connectivity index (χ0) is 25.8. The van der Waals surface area contributed by atoms with Gasteiger partial charge in [0.2, 0.25) is 21.8 Å². The van der Waals surface area contributed by atoms with Gasteiger partial charge in [-0.3, -0.25) is 13.9 Å². The van der Waals surface area contributed by atoms with Crippen LogP contribution in [0.25, 0.3) is 0 Å². The highest BCUT2D eigenvalue weighted by atomic mass is 35.5. The summed E-state index contributed by atoms with van der Waals surface area (Å²) in [5.74, 6) is -0.786. The summed E-state index contributed by atoms with van der Waals surface area (Å²) in [6, 6.07) is 11.3. The van der Waals surface area contributed by atoms with E-state index < -0.39 is 28.5 Å². The van der Waals surface area contributed by atoms with Crippen molar-refractivity contribution in [1.82, 2.24) is 10.2 Å². The highest BCUT2D eigenvalue weighted by Gasteiger charge is 2.32. The monoisotopic (exact) mass is 539 g/mol. The number of benzene rings is 2. The number of halogens is 2. The molecule has 7 nitrogen and oxygen atoms in total. The van der Waals surface area contributed by atoms with Gasteiger partial charge in [0.05, 0.1) is 17.0 Å². The molecule has 190 valence electrons. The zero-order valence-electron chi connectivity index (χ0n) is 20.1. The van der Waals surface area contributed by atoms with Gasteiger partial charge in [-0.05, 0) is 50.5 Å². The molecular formula is C25H31Cl2N3O4S. The summed E-state index contributed by atoms with van der Waals surface area (Å²) in [5, 5.41) is 3.47. The normalized spacial score (nSPS) is 15.0. The van der Waals surface area contributed by atoms with Crippen molar-refractivity contribution in [2.45, 2.75) is 58.2 Å². The van der Waals surface area contributed by atoms with Gasteiger partial charge in [-0.1, -0.05) is 65.9 Å². The molecule has 0 aliphatic heterocycles. The highest BCUT2D eigenvalue weighted by Crippen LogP contribution is 2.31. The topological polar surface area (TPSA) is 86.8 Å². The van der Waals surface area contributed by atoms with Crippen LogP contribution in [-0.4, -0.2) is 50.0 Å². The standard InChI is InChI=1S/C25H31Cl2N3O4S/c1-17-7-6-8-19(13-17)15-29(18(2)25(32)28-21-9-4-5-10-21)24(31)16-30(35(3,33)34)23-14-20(26)11-12-22(23)27/h6-8,11-14,18,21H,4-5,9-10,15-16H2,1-3H3,(H,28,32)/t18-/m1/s1. The Balaban J connectivity index is 1.91. The minimum atomic E-state index is -3.89. The molecule has 1 aliphatic carbocycles. The predicted molar refractivity (Wildman–Crippen MR) is 140 cm³/mol. The molecule has 2 amide bonds. The van der Waals surface area contributed by atoms with Gasteiger partial charge >= 0.3 is 0 Å². The lowest BCUT2D eigenvalue weighted by Crippen LogP contribution is -2.52. The van der Waals surface area contributed by atoms with E-state index in [1.165, 1.54) is 23.1 Å². The number of rotatable bonds is 9. The first-order chi connectivity index (χ1) is 16.5. The highest BCUT2D eigenvalue weighted by molar-refractivity contribution is 7.92. The van der Waals surface area contributed by atoms with Crippen LogP contribution in [0.2, 0.25) is 10.0 Å². The lowest BCUT2D eigenvalue weighted by molar-refractivity contribution is -0.139. The number of aryl methyl sites for hydroxylation is 1. The van der Waals surface area contributed by atoms with Crippen molar-refractivity contribution >= 4 is 50.7 Å². The fourth-order valence-electron chi connectivity index (χ4n) is 4.25. The number of amides is 2. The Kier molecular flexibility index (Phi) is 9.07. The second-order valence-electron chi connectivity index (χ2n) is 9.04. The molecule has 35 heavy (non-hydrogen) atoms. The SMILES string of the molecule is Cc1cccc(CN(C(=O)CN(c2cc(Cl)ccc2Cl)S(C)(=O)=O)[C@H](C)C(=O)NC2CCCC2)c1. The summed E-state index contributed by atoms with van der Waals surface area (Å²) in [4.78, 5) is 28.1. The van der Waals surface area contributed by atoms with Crippen LogP contribution in [0.5, 0.6) is 0 Å². The molecule has 0 saturated heterocycles. The van der Waals surface area contributed by atoms with Gasteiger partial charge in [-0.15, -0.1) is 0 Å². The summed E-state index contributed by atoms with van der Waals surface area (Å²) in [6.45, 7) is 3.24. The second-order valence-corrected chi connectivity index (χ2v) is 11.8. The average molecular weight is 541 g/mol. The van der Waals surface area contributed by atoms with Gasteiger partial charge in [0.15, 0.2) is 0 Å². The molecule has 0 heterocycles. The predicted octanol–water partition coefficient (Wildman–Crippen LogP) is 4.54. The molecule has 1 N–H and O–H groups in total. The lowest BCUT2D eigenvalue weighted by atomic mass is 10.1. The minimum absolute atomic E-state index is 0.0960. The van der Waals surface area contributed by atoms with Crippen molar-refractivity contribution in [3.05, 3.63) is 63.6 Å². The largest absolute Gasteiger partial charge is 0.352 e. The molecule has 0 spiro atoms. The Bertz CT molecular complexity index is 1180. The van der Waals surface area contributed by atoms with E-state index in [0.29, 0.717) is 0 Å². The second kappa shape index (κ2) is 11.6. The summed E-state index contributed by atoms with van der Waals surface area (Å²) in [6.07, 6.45) is 4.96. The van der Waals surface area contributed by atoms with Gasteiger partial charge in [0.1, 0.15) is 12.6 Å². The molecule has 0 unspecified atom stereocenters. The summed E-state index contributed by atoms with van der Waals surface area (Å²) in [7, 11) is -3.89. The number of anilines is 1. The molecule has 0 radical (unpaired) electrons. The molecule has 0 aromatic heterocycles. The van der Waals surface area contributed by atoms with Gasteiger partial charge < -0.3 is 10.2 Å². The van der Waals surface area contributed by atoms with Crippen LogP contribution >= 0.6 is 23.2 Å². The van der Waals surface area contributed by atoms with Crippen LogP contribution in [0.15, 0.2) is 42.5 Å². The van der Waals surface area contributed by atoms with E-state index >= 15 is 0 Å². The van der Waals surface area contributed by atoms with Crippen molar-refractivity contribution < 1.29 is 18.0 Å². The fourth-order valence-corrected chi connectivity index (χ4v) is 5.54. The number of carbonyl (C=O) groups is 2. The van der Waals surface area contributed by atoms with Crippen molar-refractivity contribution in [1.29, 1.82) is 0 Å². The van der Waals surface area contributed by atoms with Crippen LogP contribution in [-0.2, 0) is 26.2 Å². The third kappa shape index (κ3) is 7.35. The third-order valence-electron chi connectivity index (χ3n) is 6.16. The van der Waals surface area contributed by atoms with Crippen LogP contribution in [0.4, 0.5) is 5.69 Å². The van der Waals surface area contributed by atoms with Crippen molar-refractivity contribution in [3.63, 3.8) is 0 Å². The molecule has 1 saturated carbocycles. The van der Waals surface area contributed by atoms with Gasteiger partial charge in [-0.2, -0.15) is 0 Å². The number of sulfonamides is 1. The fraction of sp³-hybridized carbons (Fsp3) is 0.440. The maximum atomic E-state index is 13.6. The molecule has 0 bridgehead atoms. The number of carbonyl (C=O) groups excluding carboxylic acids is 2. The molecular weight excluding hydrogens is 509 g/mol. The third-order valence-corrected chi connectivity index (χ3v) is 7.84. The lowest BCUT2D eigenvalue weighted by Gasteiger charge is -2.32. The molecule has 1 fully saturated rings. The van der Waals surface area contributed by atoms with Crippen molar-refractivity contribution in [2.24, 2.45) is 0 Å². The van der Waals surface area contributed by atoms with Crippen LogP contribution < -0.4 is 9.62 Å². The first kappa shape index (κ1) is 27.3. The molecule has 2 aromatic rings. The Morgan fingerprint density at radius 2 is 1.80 bits per heavy atom. The van der Waals surface area contributed by atoms with Crippen molar-refractivity contribution in [2.75, 3.05) is 17.1 Å². The smallest absolute Gasteiger partial charge is 0.244 e. The number of hydrogen-bond acceptors (Lipinski definition) is 4. The quantitative estimate of drug-likeness (QED) is 0.506. The summed E-state index contributed by atoms with van der Waals surface area (Å²) >= 11 is 12.3. The van der Waals surface area contributed by atoms with E-state index in [2.05, 4.69) is 5.32 Å². The number of nitrogens with one attached hydrogen (secondary N) is 1. The van der Waals surface area contributed by atoms with E-state index in [-0.39, 0.29) is 34.2 Å². The average Bonchev–Trinajstić information content (AvgIpc) is 3.29. The molecule has 2 aromatic carbocycles. The molecule has 10 heteroatoms. The Morgan fingerprint density at radius 1 is 1.11 bits per heavy atom. The van der Waals surface area contributed by atoms with Crippen LogP contribution in [0, 0.1) is 6.92 Å². The summed E-state index contributed by atoms with van der Waals surface area (Å²) < 4.78 is 26.3. The van der Waals surface area contributed by atoms with E-state index in [4.69, 9.17) is 23.2 Å². The zero-order valence-corrected chi connectivity index (χ0v) is 22.5. The number of nitrogens with zero attached hydrogens (tertiary/aromatic N) is 2. The van der Waals surface area contributed by atoms with E-state index in [1.807, 2.05) is 31.2 Å². The van der Waals surface area contributed by atoms with Gasteiger partial charge in [0.25, 0.3) is 0 Å². The molecule has 3 rings (SSSR count). The van der Waals surface area contributed by atoms with Crippen molar-refractivity contribution in [3.8, 4) is 0 Å².